The van der Waals surface area contributed by atoms with Crippen LogP contribution in [0.25, 0.3) is 10.7 Å². The van der Waals surface area contributed by atoms with Crippen molar-refractivity contribution in [3.63, 3.8) is 0 Å². The van der Waals surface area contributed by atoms with Gasteiger partial charge < -0.3 is 4.90 Å². The number of carbonyl (C=O) groups is 1. The minimum absolute atomic E-state index is 0.0415. The lowest BCUT2D eigenvalue weighted by Crippen LogP contribution is -2.34. The Morgan fingerprint density at radius 1 is 1.20 bits per heavy atom. The zero-order chi connectivity index (χ0) is 17.2. The molecule has 0 radical (unpaired) electrons. The molecule has 0 N–H and O–H groups in total. The van der Waals surface area contributed by atoms with Crippen molar-refractivity contribution in [1.82, 2.24) is 9.97 Å². The minimum atomic E-state index is -0.0415. The first-order valence-electron chi connectivity index (χ1n) is 8.13. The van der Waals surface area contributed by atoms with E-state index < -0.39 is 0 Å². The molecular weight excluding hydrogens is 350 g/mol. The second kappa shape index (κ2) is 6.98. The summed E-state index contributed by atoms with van der Waals surface area (Å²) in [5.41, 5.74) is 2.26. The van der Waals surface area contributed by atoms with Crippen LogP contribution in [0.2, 0.25) is 0 Å². The van der Waals surface area contributed by atoms with Crippen molar-refractivity contribution < 1.29 is 4.79 Å². The van der Waals surface area contributed by atoms with E-state index in [4.69, 9.17) is 0 Å². The van der Waals surface area contributed by atoms with E-state index in [9.17, 15) is 4.79 Å². The highest BCUT2D eigenvalue weighted by molar-refractivity contribution is 7.99. The highest BCUT2D eigenvalue weighted by Gasteiger charge is 2.27. The zero-order valence-corrected chi connectivity index (χ0v) is 15.4. The van der Waals surface area contributed by atoms with E-state index in [0.717, 1.165) is 27.0 Å². The van der Waals surface area contributed by atoms with Crippen molar-refractivity contribution >= 4 is 34.7 Å². The lowest BCUT2D eigenvalue weighted by molar-refractivity contribution is 0.0980. The molecule has 25 heavy (non-hydrogen) atoms. The summed E-state index contributed by atoms with van der Waals surface area (Å²) in [4.78, 5) is 25.0. The van der Waals surface area contributed by atoms with E-state index >= 15 is 0 Å². The molecule has 0 fully saturated rings. The molecule has 1 aliphatic heterocycles. The number of benzene rings is 1. The van der Waals surface area contributed by atoms with Crippen LogP contribution in [0.3, 0.4) is 0 Å². The van der Waals surface area contributed by atoms with Gasteiger partial charge in [-0.25, -0.2) is 4.98 Å². The van der Waals surface area contributed by atoms with Crippen molar-refractivity contribution in [3.05, 3.63) is 59.7 Å². The SMILES string of the molecule is C[C@H]1CSc2ccccc2N(C(=O)c2csc(-c3ccccn3)n2)C1. The highest BCUT2D eigenvalue weighted by atomic mass is 32.2. The summed E-state index contributed by atoms with van der Waals surface area (Å²) in [5, 5.41) is 2.60. The molecular formula is C19H17N3OS2. The van der Waals surface area contributed by atoms with Gasteiger partial charge >= 0.3 is 0 Å². The van der Waals surface area contributed by atoms with Crippen LogP contribution < -0.4 is 4.90 Å². The number of hydrogen-bond donors (Lipinski definition) is 0. The second-order valence-corrected chi connectivity index (χ2v) is 7.97. The number of carbonyl (C=O) groups excluding carboxylic acids is 1. The molecule has 4 nitrogen and oxygen atoms in total. The molecule has 0 bridgehead atoms. The van der Waals surface area contributed by atoms with Crippen LogP contribution in [-0.4, -0.2) is 28.2 Å². The van der Waals surface area contributed by atoms with Gasteiger partial charge in [-0.05, 0) is 30.2 Å². The number of nitrogens with zero attached hydrogens (tertiary/aromatic N) is 3. The third-order valence-corrected chi connectivity index (χ3v) is 6.28. The molecule has 0 spiro atoms. The summed E-state index contributed by atoms with van der Waals surface area (Å²) in [7, 11) is 0. The molecule has 0 aliphatic carbocycles. The maximum absolute atomic E-state index is 13.1. The molecule has 0 unspecified atom stereocenters. The molecule has 2 aromatic heterocycles. The second-order valence-electron chi connectivity index (χ2n) is 6.05. The van der Waals surface area contributed by atoms with Crippen molar-refractivity contribution in [2.45, 2.75) is 11.8 Å². The lowest BCUT2D eigenvalue weighted by Gasteiger charge is -2.23. The number of hydrogen-bond acceptors (Lipinski definition) is 5. The number of thiazole rings is 1. The maximum Gasteiger partial charge on any atom is 0.277 e. The first-order chi connectivity index (χ1) is 12.2. The van der Waals surface area contributed by atoms with Crippen molar-refractivity contribution in [3.8, 4) is 10.7 Å². The van der Waals surface area contributed by atoms with Gasteiger partial charge in [-0.15, -0.1) is 23.1 Å². The van der Waals surface area contributed by atoms with Gasteiger partial charge in [-0.1, -0.05) is 25.1 Å². The summed E-state index contributed by atoms with van der Waals surface area (Å²) in [6.45, 7) is 2.89. The highest BCUT2D eigenvalue weighted by Crippen LogP contribution is 2.36. The molecule has 1 aliphatic rings. The third-order valence-electron chi connectivity index (χ3n) is 4.03. The topological polar surface area (TPSA) is 46.1 Å². The van der Waals surface area contributed by atoms with Crippen LogP contribution in [-0.2, 0) is 0 Å². The van der Waals surface area contributed by atoms with Crippen LogP contribution in [0, 0.1) is 5.92 Å². The zero-order valence-electron chi connectivity index (χ0n) is 13.8. The molecule has 1 amide bonds. The summed E-state index contributed by atoms with van der Waals surface area (Å²) in [5.74, 6) is 1.40. The van der Waals surface area contributed by atoms with Crippen LogP contribution in [0.4, 0.5) is 5.69 Å². The molecule has 0 saturated carbocycles. The molecule has 4 rings (SSSR count). The Bertz CT molecular complexity index is 894. The predicted molar refractivity (Wildman–Crippen MR) is 103 cm³/mol. The number of fused-ring (bicyclic) bond motifs is 1. The number of anilines is 1. The van der Waals surface area contributed by atoms with E-state index in [0.29, 0.717) is 18.2 Å². The Kier molecular flexibility index (Phi) is 4.55. The Balaban J connectivity index is 1.68. The lowest BCUT2D eigenvalue weighted by atomic mass is 10.1. The van der Waals surface area contributed by atoms with Gasteiger partial charge in [0.2, 0.25) is 0 Å². The average Bonchev–Trinajstić information content (AvgIpc) is 3.09. The average molecular weight is 367 g/mol. The summed E-state index contributed by atoms with van der Waals surface area (Å²) in [6, 6.07) is 13.8. The Morgan fingerprint density at radius 3 is 2.88 bits per heavy atom. The van der Waals surface area contributed by atoms with E-state index in [2.05, 4.69) is 23.0 Å². The number of thioether (sulfide) groups is 1. The first kappa shape index (κ1) is 16.3. The van der Waals surface area contributed by atoms with Crippen LogP contribution in [0.5, 0.6) is 0 Å². The number of amides is 1. The summed E-state index contributed by atoms with van der Waals surface area (Å²) in [6.07, 6.45) is 1.74. The quantitative estimate of drug-likeness (QED) is 0.664. The molecule has 1 aromatic carbocycles. The first-order valence-corrected chi connectivity index (χ1v) is 9.99. The van der Waals surface area contributed by atoms with E-state index in [1.54, 1.807) is 6.20 Å². The predicted octanol–water partition coefficient (Wildman–Crippen LogP) is 4.59. The number of para-hydroxylation sites is 1. The van der Waals surface area contributed by atoms with Gasteiger partial charge in [0.15, 0.2) is 0 Å². The molecule has 3 heterocycles. The largest absolute Gasteiger partial charge is 0.306 e. The normalized spacial score (nSPS) is 17.0. The number of rotatable bonds is 2. The summed E-state index contributed by atoms with van der Waals surface area (Å²) < 4.78 is 0. The molecule has 0 saturated heterocycles. The van der Waals surface area contributed by atoms with Crippen molar-refractivity contribution in [1.29, 1.82) is 0 Å². The van der Waals surface area contributed by atoms with Crippen LogP contribution in [0.1, 0.15) is 17.4 Å². The number of pyridine rings is 1. The standard InChI is InChI=1S/C19H17N3OS2/c1-13-10-22(16-7-2-3-8-17(16)24-11-13)19(23)15-12-25-18(21-15)14-6-4-5-9-20-14/h2-9,12-13H,10-11H2,1H3/t13-/m1/s1. The van der Waals surface area contributed by atoms with E-state index in [1.165, 1.54) is 11.3 Å². The fraction of sp³-hybridized carbons (Fsp3) is 0.211. The number of aromatic nitrogens is 2. The van der Waals surface area contributed by atoms with Gasteiger partial charge in [-0.3, -0.25) is 9.78 Å². The van der Waals surface area contributed by atoms with Gasteiger partial charge in [0.1, 0.15) is 10.7 Å². The smallest absolute Gasteiger partial charge is 0.277 e. The van der Waals surface area contributed by atoms with E-state index in [1.807, 2.05) is 58.4 Å². The Labute approximate surface area is 154 Å². The molecule has 1 atom stereocenters. The van der Waals surface area contributed by atoms with Gasteiger partial charge in [-0.2, -0.15) is 0 Å². The van der Waals surface area contributed by atoms with Crippen LogP contribution >= 0.6 is 23.1 Å². The van der Waals surface area contributed by atoms with Gasteiger partial charge in [0.05, 0.1) is 11.4 Å². The summed E-state index contributed by atoms with van der Waals surface area (Å²) >= 11 is 3.27. The molecule has 3 aromatic rings. The monoisotopic (exact) mass is 367 g/mol. The Hall–Kier alpha value is -2.18. The fourth-order valence-electron chi connectivity index (χ4n) is 2.81. The van der Waals surface area contributed by atoms with Crippen LogP contribution in [0.15, 0.2) is 58.9 Å². The van der Waals surface area contributed by atoms with Gasteiger partial charge in [0.25, 0.3) is 5.91 Å². The minimum Gasteiger partial charge on any atom is -0.306 e. The fourth-order valence-corrected chi connectivity index (χ4v) is 4.65. The third kappa shape index (κ3) is 3.32. The molecule has 126 valence electrons. The van der Waals surface area contributed by atoms with Gasteiger partial charge in [0, 0.05) is 28.8 Å². The Morgan fingerprint density at radius 2 is 2.04 bits per heavy atom. The maximum atomic E-state index is 13.1. The van der Waals surface area contributed by atoms with Crippen molar-refractivity contribution in [2.75, 3.05) is 17.2 Å². The van der Waals surface area contributed by atoms with Crippen molar-refractivity contribution in [2.24, 2.45) is 5.92 Å². The van der Waals surface area contributed by atoms with E-state index in [-0.39, 0.29) is 5.91 Å². The molecule has 6 heteroatoms.